The van der Waals surface area contributed by atoms with Crippen LogP contribution in [0.3, 0.4) is 0 Å². The molecule has 0 aliphatic heterocycles. The van der Waals surface area contributed by atoms with Gasteiger partial charge in [0.2, 0.25) is 0 Å². The highest BCUT2D eigenvalue weighted by atomic mass is 32.2. The summed E-state index contributed by atoms with van der Waals surface area (Å²) in [7, 11) is 0. The summed E-state index contributed by atoms with van der Waals surface area (Å²) in [6.45, 7) is 1.63. The maximum absolute atomic E-state index is 9.89. The molecule has 1 fully saturated rings. The number of hydrogen-bond acceptors (Lipinski definition) is 5. The fraction of sp³-hybridized carbons (Fsp3) is 0.533. The second kappa shape index (κ2) is 6.98. The molecule has 1 aliphatic carbocycles. The standard InChI is InChI=1S/C15H20N2O2S/c1-20-15(6-7-15)11-17-9-13(18)10-19-14-5-3-2-4-12(14)8-16/h2-5,13,17-18H,6-7,9-11H2,1H3. The summed E-state index contributed by atoms with van der Waals surface area (Å²) in [5.74, 6) is 0.525. The van der Waals surface area contributed by atoms with Gasteiger partial charge in [0.15, 0.2) is 0 Å². The summed E-state index contributed by atoms with van der Waals surface area (Å²) in [5.41, 5.74) is 0.493. The van der Waals surface area contributed by atoms with Crippen molar-refractivity contribution in [2.45, 2.75) is 23.7 Å². The highest BCUT2D eigenvalue weighted by molar-refractivity contribution is 8.00. The van der Waals surface area contributed by atoms with Crippen LogP contribution in [-0.2, 0) is 0 Å². The first-order chi connectivity index (χ1) is 9.69. The molecule has 1 saturated carbocycles. The van der Waals surface area contributed by atoms with Gasteiger partial charge >= 0.3 is 0 Å². The molecule has 0 amide bonds. The van der Waals surface area contributed by atoms with Crippen molar-refractivity contribution < 1.29 is 9.84 Å². The van der Waals surface area contributed by atoms with Crippen LogP contribution in [0.4, 0.5) is 0 Å². The Hall–Kier alpha value is -1.22. The number of nitriles is 1. The molecule has 0 radical (unpaired) electrons. The van der Waals surface area contributed by atoms with Crippen molar-refractivity contribution in [3.8, 4) is 11.8 Å². The maximum atomic E-state index is 9.89. The average Bonchev–Trinajstić information content (AvgIpc) is 3.26. The molecule has 108 valence electrons. The number of hydrogen-bond donors (Lipinski definition) is 2. The van der Waals surface area contributed by atoms with Crippen LogP contribution in [0.2, 0.25) is 0 Å². The maximum Gasteiger partial charge on any atom is 0.137 e. The molecular weight excluding hydrogens is 272 g/mol. The van der Waals surface area contributed by atoms with Crippen molar-refractivity contribution in [2.75, 3.05) is 26.0 Å². The minimum atomic E-state index is -0.570. The molecule has 4 nitrogen and oxygen atoms in total. The molecule has 0 aromatic heterocycles. The lowest BCUT2D eigenvalue weighted by Crippen LogP contribution is -2.35. The molecule has 2 rings (SSSR count). The van der Waals surface area contributed by atoms with Crippen LogP contribution >= 0.6 is 11.8 Å². The monoisotopic (exact) mass is 292 g/mol. The van der Waals surface area contributed by atoms with Crippen molar-refractivity contribution in [1.29, 1.82) is 5.26 Å². The van der Waals surface area contributed by atoms with E-state index in [2.05, 4.69) is 17.6 Å². The molecule has 0 heterocycles. The smallest absolute Gasteiger partial charge is 0.137 e. The van der Waals surface area contributed by atoms with Crippen LogP contribution in [0, 0.1) is 11.3 Å². The number of para-hydroxylation sites is 1. The molecule has 2 N–H and O–H groups in total. The highest BCUT2D eigenvalue weighted by Gasteiger charge is 2.41. The van der Waals surface area contributed by atoms with E-state index >= 15 is 0 Å². The molecule has 1 aromatic rings. The number of nitrogens with zero attached hydrogens (tertiary/aromatic N) is 1. The Balaban J connectivity index is 1.70. The summed E-state index contributed by atoms with van der Waals surface area (Å²) in [6, 6.07) is 9.13. The normalized spacial score (nSPS) is 17.2. The molecule has 0 saturated heterocycles. The van der Waals surface area contributed by atoms with Gasteiger partial charge in [0.25, 0.3) is 0 Å². The summed E-state index contributed by atoms with van der Waals surface area (Å²) >= 11 is 1.89. The van der Waals surface area contributed by atoms with E-state index < -0.39 is 6.10 Å². The first-order valence-electron chi connectivity index (χ1n) is 6.75. The first kappa shape index (κ1) is 15.2. The number of rotatable bonds is 8. The van der Waals surface area contributed by atoms with Gasteiger partial charge in [0.1, 0.15) is 24.5 Å². The van der Waals surface area contributed by atoms with E-state index in [-0.39, 0.29) is 6.61 Å². The Morgan fingerprint density at radius 3 is 2.90 bits per heavy atom. The quantitative estimate of drug-likeness (QED) is 0.764. The lowest BCUT2D eigenvalue weighted by molar-refractivity contribution is 0.106. The fourth-order valence-electron chi connectivity index (χ4n) is 1.99. The van der Waals surface area contributed by atoms with E-state index in [9.17, 15) is 5.11 Å². The molecule has 0 bridgehead atoms. The largest absolute Gasteiger partial charge is 0.489 e. The number of thioether (sulfide) groups is 1. The molecule has 20 heavy (non-hydrogen) atoms. The molecule has 5 heteroatoms. The lowest BCUT2D eigenvalue weighted by atomic mass is 10.2. The predicted octanol–water partition coefficient (Wildman–Crippen LogP) is 1.78. The third kappa shape index (κ3) is 4.14. The van der Waals surface area contributed by atoms with Crippen LogP contribution in [0.25, 0.3) is 0 Å². The number of ether oxygens (including phenoxy) is 1. The average molecular weight is 292 g/mol. The first-order valence-corrected chi connectivity index (χ1v) is 7.97. The minimum absolute atomic E-state index is 0.192. The van der Waals surface area contributed by atoms with E-state index in [0.717, 1.165) is 6.54 Å². The third-order valence-corrected chi connectivity index (χ3v) is 4.93. The topological polar surface area (TPSA) is 65.3 Å². The van der Waals surface area contributed by atoms with E-state index in [0.29, 0.717) is 22.6 Å². The van der Waals surface area contributed by atoms with Gasteiger partial charge in [-0.1, -0.05) is 12.1 Å². The molecule has 0 spiro atoms. The van der Waals surface area contributed by atoms with Crippen molar-refractivity contribution in [2.24, 2.45) is 0 Å². The third-order valence-electron chi connectivity index (χ3n) is 3.51. The Labute approximate surface area is 124 Å². The molecule has 1 unspecified atom stereocenters. The van der Waals surface area contributed by atoms with E-state index in [1.807, 2.05) is 17.8 Å². The Kier molecular flexibility index (Phi) is 5.30. The Morgan fingerprint density at radius 1 is 1.50 bits per heavy atom. The van der Waals surface area contributed by atoms with Gasteiger partial charge < -0.3 is 15.2 Å². The van der Waals surface area contributed by atoms with Crippen LogP contribution < -0.4 is 10.1 Å². The van der Waals surface area contributed by atoms with Gasteiger partial charge in [-0.15, -0.1) is 0 Å². The molecule has 1 atom stereocenters. The zero-order valence-electron chi connectivity index (χ0n) is 11.6. The summed E-state index contributed by atoms with van der Waals surface area (Å²) in [5, 5.41) is 22.1. The van der Waals surface area contributed by atoms with E-state index in [4.69, 9.17) is 10.00 Å². The van der Waals surface area contributed by atoms with Gasteiger partial charge in [0.05, 0.1) is 5.56 Å². The SMILES string of the molecule is CSC1(CNCC(O)COc2ccccc2C#N)CC1. The summed E-state index contributed by atoms with van der Waals surface area (Å²) in [6.07, 6.45) is 4.07. The second-order valence-corrected chi connectivity index (χ2v) is 6.37. The zero-order chi connectivity index (χ0) is 14.4. The zero-order valence-corrected chi connectivity index (χ0v) is 12.4. The van der Waals surface area contributed by atoms with E-state index in [1.54, 1.807) is 18.2 Å². The van der Waals surface area contributed by atoms with Crippen LogP contribution in [0.1, 0.15) is 18.4 Å². The van der Waals surface area contributed by atoms with Crippen molar-refractivity contribution in [3.63, 3.8) is 0 Å². The second-order valence-electron chi connectivity index (χ2n) is 5.09. The van der Waals surface area contributed by atoms with Gasteiger partial charge in [0, 0.05) is 17.8 Å². The van der Waals surface area contributed by atoms with Crippen molar-refractivity contribution in [1.82, 2.24) is 5.32 Å². The number of aliphatic hydroxyl groups is 1. The van der Waals surface area contributed by atoms with Gasteiger partial charge in [-0.25, -0.2) is 0 Å². The van der Waals surface area contributed by atoms with Crippen LogP contribution in [0.15, 0.2) is 24.3 Å². The number of nitrogens with one attached hydrogen (secondary N) is 1. The van der Waals surface area contributed by atoms with Crippen molar-refractivity contribution in [3.05, 3.63) is 29.8 Å². The predicted molar refractivity (Wildman–Crippen MR) is 81.0 cm³/mol. The van der Waals surface area contributed by atoms with Crippen LogP contribution in [0.5, 0.6) is 5.75 Å². The van der Waals surface area contributed by atoms with E-state index in [1.165, 1.54) is 12.8 Å². The molecular formula is C15H20N2O2S. The van der Waals surface area contributed by atoms with Gasteiger partial charge in [-0.05, 0) is 31.2 Å². The van der Waals surface area contributed by atoms with Crippen molar-refractivity contribution >= 4 is 11.8 Å². The Bertz CT molecular complexity index is 483. The fourth-order valence-corrected chi connectivity index (χ4v) is 2.75. The molecule has 1 aromatic carbocycles. The number of benzene rings is 1. The highest BCUT2D eigenvalue weighted by Crippen LogP contribution is 2.46. The lowest BCUT2D eigenvalue weighted by Gasteiger charge is -2.16. The van der Waals surface area contributed by atoms with Gasteiger partial charge in [-0.3, -0.25) is 0 Å². The summed E-state index contributed by atoms with van der Waals surface area (Å²) in [4.78, 5) is 0. The Morgan fingerprint density at radius 2 is 2.25 bits per heavy atom. The number of aliphatic hydroxyl groups excluding tert-OH is 1. The summed E-state index contributed by atoms with van der Waals surface area (Å²) < 4.78 is 5.89. The molecule has 1 aliphatic rings. The van der Waals surface area contributed by atoms with Gasteiger partial charge in [-0.2, -0.15) is 17.0 Å². The minimum Gasteiger partial charge on any atom is -0.489 e. The van der Waals surface area contributed by atoms with Crippen LogP contribution in [-0.4, -0.2) is 41.9 Å².